The fourth-order valence-corrected chi connectivity index (χ4v) is 2.59. The van der Waals surface area contributed by atoms with Crippen molar-refractivity contribution in [3.8, 4) is 0 Å². The molecule has 0 amide bonds. The largest absolute Gasteiger partial charge is 0.468 e. The van der Waals surface area contributed by atoms with Crippen molar-refractivity contribution >= 4 is 29.1 Å². The van der Waals surface area contributed by atoms with Crippen LogP contribution >= 0.6 is 23.4 Å². The zero-order valence-corrected chi connectivity index (χ0v) is 10.4. The molecule has 7 heteroatoms. The first-order valence-electron chi connectivity index (χ1n) is 4.82. The average molecular weight is 267 g/mol. The molecule has 17 heavy (non-hydrogen) atoms. The standard InChI is InChI=1S/C10H7ClN4OS/c1-6-7(2-3-16-6)17-9-4-8(11)14-10-12-5-13-15(9)10/h2-5H,1H3. The van der Waals surface area contributed by atoms with Gasteiger partial charge in [-0.25, -0.2) is 0 Å². The van der Waals surface area contributed by atoms with Crippen molar-refractivity contribution < 1.29 is 4.42 Å². The van der Waals surface area contributed by atoms with Gasteiger partial charge in [0.2, 0.25) is 0 Å². The van der Waals surface area contributed by atoms with Crippen LogP contribution in [0.25, 0.3) is 5.78 Å². The van der Waals surface area contributed by atoms with E-state index in [1.807, 2.05) is 13.0 Å². The molecule has 0 spiro atoms. The highest BCUT2D eigenvalue weighted by atomic mass is 35.5. The van der Waals surface area contributed by atoms with Crippen LogP contribution in [0.4, 0.5) is 0 Å². The quantitative estimate of drug-likeness (QED) is 0.668. The van der Waals surface area contributed by atoms with E-state index in [9.17, 15) is 0 Å². The Labute approximate surface area is 106 Å². The van der Waals surface area contributed by atoms with Gasteiger partial charge in [0, 0.05) is 6.07 Å². The van der Waals surface area contributed by atoms with E-state index in [1.54, 1.807) is 16.8 Å². The Hall–Kier alpha value is -1.53. The number of fused-ring (bicyclic) bond motifs is 1. The summed E-state index contributed by atoms with van der Waals surface area (Å²) in [6, 6.07) is 3.65. The Balaban J connectivity index is 2.11. The lowest BCUT2D eigenvalue weighted by Crippen LogP contribution is -1.95. The first-order valence-corrected chi connectivity index (χ1v) is 6.02. The Kier molecular flexibility index (Phi) is 2.53. The zero-order valence-electron chi connectivity index (χ0n) is 8.79. The van der Waals surface area contributed by atoms with Crippen molar-refractivity contribution in [2.45, 2.75) is 16.8 Å². The Bertz CT molecular complexity index is 678. The van der Waals surface area contributed by atoms with Gasteiger partial charge in [-0.15, -0.1) is 0 Å². The SMILES string of the molecule is Cc1occc1Sc1cc(Cl)nc2ncnn12. The molecule has 0 N–H and O–H groups in total. The van der Waals surface area contributed by atoms with E-state index in [-0.39, 0.29) is 0 Å². The lowest BCUT2D eigenvalue weighted by atomic mass is 10.5. The van der Waals surface area contributed by atoms with Crippen LogP contribution in [0.2, 0.25) is 5.15 Å². The molecule has 86 valence electrons. The van der Waals surface area contributed by atoms with Crippen LogP contribution in [0.1, 0.15) is 5.76 Å². The maximum Gasteiger partial charge on any atom is 0.254 e. The summed E-state index contributed by atoms with van der Waals surface area (Å²) in [6.45, 7) is 1.91. The zero-order chi connectivity index (χ0) is 11.8. The number of furan rings is 1. The Morgan fingerprint density at radius 3 is 3.12 bits per heavy atom. The highest BCUT2D eigenvalue weighted by Gasteiger charge is 2.10. The summed E-state index contributed by atoms with van der Waals surface area (Å²) >= 11 is 7.44. The summed E-state index contributed by atoms with van der Waals surface area (Å²) < 4.78 is 6.89. The summed E-state index contributed by atoms with van der Waals surface area (Å²) in [7, 11) is 0. The van der Waals surface area contributed by atoms with Crippen LogP contribution in [0.5, 0.6) is 0 Å². The molecular weight excluding hydrogens is 260 g/mol. The molecule has 3 heterocycles. The molecule has 0 unspecified atom stereocenters. The van der Waals surface area contributed by atoms with Crippen LogP contribution in [-0.2, 0) is 0 Å². The number of rotatable bonds is 2. The average Bonchev–Trinajstić information content (AvgIpc) is 2.88. The van der Waals surface area contributed by atoms with Crippen LogP contribution in [-0.4, -0.2) is 19.6 Å². The number of nitrogens with zero attached hydrogens (tertiary/aromatic N) is 4. The van der Waals surface area contributed by atoms with Gasteiger partial charge in [0.15, 0.2) is 0 Å². The van der Waals surface area contributed by atoms with Gasteiger partial charge in [-0.3, -0.25) is 0 Å². The predicted molar refractivity (Wildman–Crippen MR) is 63.4 cm³/mol. The maximum absolute atomic E-state index is 5.93. The van der Waals surface area contributed by atoms with Crippen LogP contribution in [0.15, 0.2) is 39.1 Å². The lowest BCUT2D eigenvalue weighted by molar-refractivity contribution is 0.527. The van der Waals surface area contributed by atoms with Crippen LogP contribution < -0.4 is 0 Å². The molecule has 0 aliphatic rings. The third kappa shape index (κ3) is 1.89. The van der Waals surface area contributed by atoms with Crippen molar-refractivity contribution in [1.82, 2.24) is 19.6 Å². The highest BCUT2D eigenvalue weighted by molar-refractivity contribution is 7.99. The normalized spacial score (nSPS) is 11.2. The molecule has 0 bridgehead atoms. The van der Waals surface area contributed by atoms with Crippen molar-refractivity contribution in [3.05, 3.63) is 35.6 Å². The number of hydrogen-bond acceptors (Lipinski definition) is 5. The predicted octanol–water partition coefficient (Wildman–Crippen LogP) is 2.83. The molecule has 3 aromatic heterocycles. The van der Waals surface area contributed by atoms with Gasteiger partial charge in [0.1, 0.15) is 22.3 Å². The van der Waals surface area contributed by atoms with Crippen molar-refractivity contribution in [3.63, 3.8) is 0 Å². The molecule has 5 nitrogen and oxygen atoms in total. The van der Waals surface area contributed by atoms with Gasteiger partial charge < -0.3 is 4.42 Å². The Morgan fingerprint density at radius 2 is 2.35 bits per heavy atom. The first-order chi connectivity index (χ1) is 8.24. The summed E-state index contributed by atoms with van der Waals surface area (Å²) in [5.74, 6) is 1.34. The molecule has 3 aromatic rings. The molecule has 0 fully saturated rings. The third-order valence-corrected chi connectivity index (χ3v) is 3.55. The second-order valence-electron chi connectivity index (χ2n) is 3.33. The summed E-state index contributed by atoms with van der Waals surface area (Å²) in [5.41, 5.74) is 0. The fourth-order valence-electron chi connectivity index (χ4n) is 1.42. The van der Waals surface area contributed by atoms with E-state index < -0.39 is 0 Å². The van der Waals surface area contributed by atoms with Gasteiger partial charge in [0.05, 0.1) is 11.2 Å². The second-order valence-corrected chi connectivity index (χ2v) is 4.78. The Morgan fingerprint density at radius 1 is 1.47 bits per heavy atom. The summed E-state index contributed by atoms with van der Waals surface area (Å²) in [6.07, 6.45) is 3.10. The molecule has 0 aliphatic heterocycles. The molecule has 0 aliphatic carbocycles. The van der Waals surface area contributed by atoms with E-state index in [0.717, 1.165) is 15.7 Å². The van der Waals surface area contributed by atoms with Gasteiger partial charge in [0.25, 0.3) is 5.78 Å². The van der Waals surface area contributed by atoms with E-state index in [2.05, 4.69) is 15.1 Å². The van der Waals surface area contributed by atoms with Crippen molar-refractivity contribution in [2.75, 3.05) is 0 Å². The van der Waals surface area contributed by atoms with E-state index in [1.165, 1.54) is 18.1 Å². The number of aryl methyl sites for hydroxylation is 1. The number of halogens is 1. The summed E-state index contributed by atoms with van der Waals surface area (Å²) in [5, 5.41) is 5.35. The smallest absolute Gasteiger partial charge is 0.254 e. The highest BCUT2D eigenvalue weighted by Crippen LogP contribution is 2.31. The van der Waals surface area contributed by atoms with Gasteiger partial charge >= 0.3 is 0 Å². The van der Waals surface area contributed by atoms with Gasteiger partial charge in [-0.2, -0.15) is 19.6 Å². The topological polar surface area (TPSA) is 56.2 Å². The van der Waals surface area contributed by atoms with Gasteiger partial charge in [-0.05, 0) is 13.0 Å². The monoisotopic (exact) mass is 266 g/mol. The number of aromatic nitrogens is 4. The van der Waals surface area contributed by atoms with Crippen LogP contribution in [0.3, 0.4) is 0 Å². The molecule has 0 aromatic carbocycles. The van der Waals surface area contributed by atoms with Crippen molar-refractivity contribution in [2.24, 2.45) is 0 Å². The van der Waals surface area contributed by atoms with Crippen LogP contribution in [0, 0.1) is 6.92 Å². The summed E-state index contributed by atoms with van der Waals surface area (Å²) in [4.78, 5) is 9.10. The van der Waals surface area contributed by atoms with Crippen molar-refractivity contribution in [1.29, 1.82) is 0 Å². The lowest BCUT2D eigenvalue weighted by Gasteiger charge is -2.02. The molecular formula is C10H7ClN4OS. The molecule has 0 saturated carbocycles. The third-order valence-electron chi connectivity index (χ3n) is 2.21. The molecule has 0 atom stereocenters. The minimum absolute atomic E-state index is 0.397. The minimum atomic E-state index is 0.397. The first kappa shape index (κ1) is 10.6. The van der Waals surface area contributed by atoms with E-state index in [4.69, 9.17) is 16.0 Å². The van der Waals surface area contributed by atoms with E-state index >= 15 is 0 Å². The minimum Gasteiger partial charge on any atom is -0.468 e. The molecule has 3 rings (SSSR count). The second kappa shape index (κ2) is 4.05. The fraction of sp³-hybridized carbons (Fsp3) is 0.100. The number of hydrogen-bond donors (Lipinski definition) is 0. The molecule has 0 radical (unpaired) electrons. The van der Waals surface area contributed by atoms with Gasteiger partial charge in [-0.1, -0.05) is 23.4 Å². The maximum atomic E-state index is 5.93. The van der Waals surface area contributed by atoms with E-state index in [0.29, 0.717) is 10.9 Å². The molecule has 0 saturated heterocycles.